The van der Waals surface area contributed by atoms with Gasteiger partial charge in [-0.25, -0.2) is 9.51 Å². The number of aliphatic imine (C=N–C) groups is 1. The van der Waals surface area contributed by atoms with Gasteiger partial charge in [-0.1, -0.05) is 6.07 Å². The van der Waals surface area contributed by atoms with Crippen LogP contribution in [0.2, 0.25) is 0 Å². The first-order valence-corrected chi connectivity index (χ1v) is 9.74. The maximum Gasteiger partial charge on any atom is 0.260 e. The van der Waals surface area contributed by atoms with Crippen LogP contribution >= 0.6 is 0 Å². The molecule has 7 nitrogen and oxygen atoms in total. The Balaban J connectivity index is 1.60. The number of piperidine rings is 1. The molecule has 0 radical (unpaired) electrons. The topological polar surface area (TPSA) is 83.0 Å². The van der Waals surface area contributed by atoms with E-state index >= 15 is 0 Å². The molecule has 0 unspecified atom stereocenters. The summed E-state index contributed by atoms with van der Waals surface area (Å²) in [7, 11) is 2.29. The molecule has 1 fully saturated rings. The molecule has 1 saturated heterocycles. The van der Waals surface area contributed by atoms with Gasteiger partial charge < -0.3 is 19.7 Å². The highest BCUT2D eigenvalue weighted by Gasteiger charge is 2.25. The first-order chi connectivity index (χ1) is 13.5. The second-order valence-electron chi connectivity index (χ2n) is 7.70. The normalized spacial score (nSPS) is 20.5. The number of likely N-dealkylation sites (tertiary alicyclic amines) is 1. The second-order valence-corrected chi connectivity index (χ2v) is 7.70. The van der Waals surface area contributed by atoms with Crippen LogP contribution < -0.4 is 4.74 Å². The molecule has 1 aliphatic carbocycles. The minimum atomic E-state index is -0.0277. The molecule has 0 atom stereocenters. The summed E-state index contributed by atoms with van der Waals surface area (Å²) >= 11 is 0. The van der Waals surface area contributed by atoms with Gasteiger partial charge in [0.05, 0.1) is 31.4 Å². The molecule has 4 rings (SSSR count). The minimum absolute atomic E-state index is 0.0277. The molecule has 1 aliphatic heterocycles. The minimum Gasteiger partial charge on any atom is -0.506 e. The van der Waals surface area contributed by atoms with Crippen molar-refractivity contribution in [2.75, 3.05) is 33.3 Å². The number of nitrogens with one attached hydrogen (secondary N) is 1. The summed E-state index contributed by atoms with van der Waals surface area (Å²) in [5.41, 5.74) is 2.04. The van der Waals surface area contributed by atoms with Crippen LogP contribution in [0.3, 0.4) is 0 Å². The predicted molar refractivity (Wildman–Crippen MR) is 110 cm³/mol. The van der Waals surface area contributed by atoms with Crippen molar-refractivity contribution in [1.82, 2.24) is 9.61 Å². The van der Waals surface area contributed by atoms with Crippen molar-refractivity contribution in [3.05, 3.63) is 48.4 Å². The van der Waals surface area contributed by atoms with Gasteiger partial charge in [0, 0.05) is 12.3 Å². The molecule has 2 aromatic heterocycles. The average Bonchev–Trinajstić information content (AvgIpc) is 3.02. The maximum atomic E-state index is 10.1. The van der Waals surface area contributed by atoms with Crippen LogP contribution in [0.5, 0.6) is 5.88 Å². The van der Waals surface area contributed by atoms with Gasteiger partial charge in [-0.05, 0) is 43.5 Å². The average molecular weight is 380 g/mol. The lowest BCUT2D eigenvalue weighted by Crippen LogP contribution is -2.50. The monoisotopic (exact) mass is 380 g/mol. The van der Waals surface area contributed by atoms with Gasteiger partial charge in [-0.3, -0.25) is 0 Å². The molecule has 2 N–H and O–H groups in total. The Morgan fingerprint density at radius 2 is 2.07 bits per heavy atom. The highest BCUT2D eigenvalue weighted by atomic mass is 16.5. The quantitative estimate of drug-likeness (QED) is 0.616. The van der Waals surface area contributed by atoms with E-state index < -0.39 is 0 Å². The van der Waals surface area contributed by atoms with Gasteiger partial charge in [0.1, 0.15) is 24.6 Å². The number of aliphatic hydroxyl groups is 1. The first-order valence-electron chi connectivity index (χ1n) is 9.74. The van der Waals surface area contributed by atoms with Crippen LogP contribution in [0.4, 0.5) is 5.69 Å². The number of rotatable bonds is 5. The van der Waals surface area contributed by atoms with Crippen LogP contribution in [0.1, 0.15) is 19.3 Å². The van der Waals surface area contributed by atoms with E-state index in [9.17, 15) is 5.11 Å². The fourth-order valence-corrected chi connectivity index (χ4v) is 3.77. The molecular weight excluding hydrogens is 354 g/mol. The number of hydrogen-bond donors (Lipinski definition) is 2. The van der Waals surface area contributed by atoms with Gasteiger partial charge in [0.2, 0.25) is 0 Å². The smallest absolute Gasteiger partial charge is 0.260 e. The summed E-state index contributed by atoms with van der Waals surface area (Å²) in [6.45, 7) is 3.89. The van der Waals surface area contributed by atoms with Crippen LogP contribution in [0, 0.1) is 5.41 Å². The highest BCUT2D eigenvalue weighted by molar-refractivity contribution is 6.20. The van der Waals surface area contributed by atoms with Crippen LogP contribution in [0.25, 0.3) is 5.52 Å². The van der Waals surface area contributed by atoms with E-state index in [1.807, 2.05) is 24.4 Å². The molecule has 2 aliphatic rings. The number of fused-ring (bicyclic) bond motifs is 1. The molecular formula is C21H26N5O2+. The van der Waals surface area contributed by atoms with E-state index in [2.05, 4.69) is 17.1 Å². The number of ether oxygens (including phenoxy) is 1. The molecule has 3 heterocycles. The maximum absolute atomic E-state index is 10.1. The van der Waals surface area contributed by atoms with E-state index in [1.165, 1.54) is 38.4 Å². The van der Waals surface area contributed by atoms with Gasteiger partial charge in [-0.2, -0.15) is 0 Å². The third-order valence-electron chi connectivity index (χ3n) is 5.46. The van der Waals surface area contributed by atoms with E-state index in [1.54, 1.807) is 16.7 Å². The zero-order valence-electron chi connectivity index (χ0n) is 16.1. The Bertz CT molecular complexity index is 980. The van der Waals surface area contributed by atoms with Crippen molar-refractivity contribution in [1.29, 1.82) is 5.41 Å². The Morgan fingerprint density at radius 3 is 2.86 bits per heavy atom. The molecule has 2 aromatic rings. The van der Waals surface area contributed by atoms with Crippen molar-refractivity contribution in [3.8, 4) is 5.88 Å². The Kier molecular flexibility index (Phi) is 5.00. The van der Waals surface area contributed by atoms with E-state index in [0.717, 1.165) is 16.5 Å². The molecule has 0 spiro atoms. The summed E-state index contributed by atoms with van der Waals surface area (Å²) in [6, 6.07) is 5.75. The zero-order chi connectivity index (χ0) is 19.6. The summed E-state index contributed by atoms with van der Waals surface area (Å²) < 4.78 is 8.84. The van der Waals surface area contributed by atoms with Crippen LogP contribution in [0.15, 0.2) is 53.4 Å². The molecule has 0 amide bonds. The Morgan fingerprint density at radius 1 is 1.25 bits per heavy atom. The van der Waals surface area contributed by atoms with E-state index in [-0.39, 0.29) is 11.5 Å². The molecule has 7 heteroatoms. The standard InChI is InChI=1S/C21H25N5O2/c1-26(11-5-2-6-12-26)13-14-28-21-20(18-7-3-4-10-25(18)24-21)23-17-9-8-16(22)15-19(17)27/h3-4,7-10,15H,2,5-6,11-14H2,1H3,(H-,22,27)/p+1/b23-17+. The van der Waals surface area contributed by atoms with Gasteiger partial charge in [-0.15, -0.1) is 5.10 Å². The number of aliphatic hydroxyl groups excluding tert-OH is 1. The van der Waals surface area contributed by atoms with Crippen molar-refractivity contribution in [2.24, 2.45) is 4.99 Å². The second kappa shape index (κ2) is 7.59. The molecule has 0 saturated carbocycles. The van der Waals surface area contributed by atoms with Gasteiger partial charge in [0.15, 0.2) is 5.69 Å². The number of hydrogen-bond acceptors (Lipinski definition) is 5. The Labute approximate surface area is 164 Å². The number of allylic oxidation sites excluding steroid dienone is 3. The van der Waals surface area contributed by atoms with Crippen LogP contribution in [-0.2, 0) is 0 Å². The van der Waals surface area contributed by atoms with Crippen molar-refractivity contribution in [2.45, 2.75) is 19.3 Å². The summed E-state index contributed by atoms with van der Waals surface area (Å²) in [4.78, 5) is 4.61. The third kappa shape index (κ3) is 3.84. The number of pyridine rings is 1. The molecule has 28 heavy (non-hydrogen) atoms. The van der Waals surface area contributed by atoms with Crippen molar-refractivity contribution < 1.29 is 14.3 Å². The van der Waals surface area contributed by atoms with E-state index in [4.69, 9.17) is 10.1 Å². The van der Waals surface area contributed by atoms with E-state index in [0.29, 0.717) is 23.9 Å². The fourth-order valence-electron chi connectivity index (χ4n) is 3.77. The molecule has 0 bridgehead atoms. The lowest BCUT2D eigenvalue weighted by Gasteiger charge is -2.37. The fraction of sp³-hybridized carbons (Fsp3) is 0.381. The van der Waals surface area contributed by atoms with Gasteiger partial charge >= 0.3 is 0 Å². The largest absolute Gasteiger partial charge is 0.506 e. The summed E-state index contributed by atoms with van der Waals surface area (Å²) in [5.74, 6) is 0.435. The number of likely N-dealkylation sites (N-methyl/N-ethyl adjacent to an activating group) is 1. The lowest BCUT2D eigenvalue weighted by atomic mass is 10.1. The Hall–Kier alpha value is -2.93. The summed E-state index contributed by atoms with van der Waals surface area (Å²) in [5, 5.41) is 22.3. The number of aromatic nitrogens is 2. The summed E-state index contributed by atoms with van der Waals surface area (Å²) in [6.07, 6.45) is 10.3. The SMILES string of the molecule is C[N+]1(CCOc2nn3ccccc3c2/N=C2\C=CC(=N)C=C2O)CCCCC1. The molecule has 146 valence electrons. The van der Waals surface area contributed by atoms with Crippen molar-refractivity contribution in [3.63, 3.8) is 0 Å². The third-order valence-corrected chi connectivity index (χ3v) is 5.46. The lowest BCUT2D eigenvalue weighted by molar-refractivity contribution is -0.914. The highest BCUT2D eigenvalue weighted by Crippen LogP contribution is 2.33. The zero-order valence-corrected chi connectivity index (χ0v) is 16.1. The van der Waals surface area contributed by atoms with Gasteiger partial charge in [0.25, 0.3) is 5.88 Å². The number of quaternary nitrogens is 1. The van der Waals surface area contributed by atoms with Crippen LogP contribution in [-0.4, -0.2) is 63.9 Å². The number of nitrogens with zero attached hydrogens (tertiary/aromatic N) is 4. The van der Waals surface area contributed by atoms with Crippen molar-refractivity contribution >= 4 is 22.6 Å². The first kappa shape index (κ1) is 18.4. The molecule has 0 aromatic carbocycles. The predicted octanol–water partition coefficient (Wildman–Crippen LogP) is 3.45.